The second kappa shape index (κ2) is 4.95. The summed E-state index contributed by atoms with van der Waals surface area (Å²) in [4.78, 5) is 4.20. The van der Waals surface area contributed by atoms with Gasteiger partial charge >= 0.3 is 0 Å². The first-order chi connectivity index (χ1) is 7.68. The van der Waals surface area contributed by atoms with Gasteiger partial charge in [0.05, 0.1) is 18.6 Å². The summed E-state index contributed by atoms with van der Waals surface area (Å²) in [6.07, 6.45) is 2.91. The third-order valence-corrected chi connectivity index (χ3v) is 3.61. The number of hydrogen-bond donors (Lipinski definition) is 1. The highest BCUT2D eigenvalue weighted by Crippen LogP contribution is 2.21. The number of aryl methyl sites for hydroxylation is 1. The molecule has 1 aliphatic rings. The fourth-order valence-corrected chi connectivity index (χ4v) is 2.27. The molecular weight excluding hydrogens is 205 g/mol. The van der Waals surface area contributed by atoms with Crippen molar-refractivity contribution in [3.05, 3.63) is 17.7 Å². The molecule has 2 rings (SSSR count). The zero-order valence-corrected chi connectivity index (χ0v) is 10.0. The van der Waals surface area contributed by atoms with E-state index >= 15 is 0 Å². The number of hydrogen-bond acceptors (Lipinski definition) is 2. The van der Waals surface area contributed by atoms with Gasteiger partial charge in [-0.25, -0.2) is 9.37 Å². The minimum atomic E-state index is -0.741. The summed E-state index contributed by atoms with van der Waals surface area (Å²) in [5.41, 5.74) is 2.08. The van der Waals surface area contributed by atoms with E-state index < -0.39 is 6.17 Å². The number of alkyl halides is 1. The molecule has 1 aliphatic heterocycles. The molecule has 1 aromatic heterocycles. The Morgan fingerprint density at radius 2 is 2.19 bits per heavy atom. The van der Waals surface area contributed by atoms with E-state index in [4.69, 9.17) is 0 Å². The number of imidazole rings is 1. The van der Waals surface area contributed by atoms with Crippen LogP contribution in [0.15, 0.2) is 6.33 Å². The second-order valence-corrected chi connectivity index (χ2v) is 4.67. The average Bonchev–Trinajstić information content (AvgIpc) is 2.62. The molecule has 0 saturated carbocycles. The van der Waals surface area contributed by atoms with Crippen LogP contribution >= 0.6 is 0 Å². The molecule has 0 spiro atoms. The van der Waals surface area contributed by atoms with Crippen LogP contribution < -0.4 is 5.32 Å². The summed E-state index contributed by atoms with van der Waals surface area (Å²) in [6, 6.07) is 0. The van der Waals surface area contributed by atoms with Gasteiger partial charge in [-0.05, 0) is 45.7 Å². The molecule has 0 aromatic carbocycles. The Morgan fingerprint density at radius 1 is 1.50 bits per heavy atom. The van der Waals surface area contributed by atoms with Crippen LogP contribution in [0.1, 0.15) is 24.2 Å². The predicted octanol–water partition coefficient (Wildman–Crippen LogP) is 1.84. The standard InChI is InChI=1S/C12H20FN3/c1-9-10(2)16(8-15-9)7-12(13)11-3-5-14-6-4-11/h8,11-12,14H,3-7H2,1-2H3. The van der Waals surface area contributed by atoms with E-state index in [1.165, 1.54) is 0 Å². The highest BCUT2D eigenvalue weighted by Gasteiger charge is 2.23. The second-order valence-electron chi connectivity index (χ2n) is 4.67. The number of aromatic nitrogens is 2. The monoisotopic (exact) mass is 225 g/mol. The normalized spacial score (nSPS) is 19.9. The fraction of sp³-hybridized carbons (Fsp3) is 0.750. The quantitative estimate of drug-likeness (QED) is 0.850. The summed E-state index contributed by atoms with van der Waals surface area (Å²) in [5, 5.41) is 3.26. The van der Waals surface area contributed by atoms with Crippen LogP contribution in [0.3, 0.4) is 0 Å². The summed E-state index contributed by atoms with van der Waals surface area (Å²) >= 11 is 0. The zero-order chi connectivity index (χ0) is 11.5. The van der Waals surface area contributed by atoms with Crippen LogP contribution in [0.4, 0.5) is 4.39 Å². The van der Waals surface area contributed by atoms with Crippen LogP contribution in [0.2, 0.25) is 0 Å². The van der Waals surface area contributed by atoms with Gasteiger partial charge in [0, 0.05) is 5.69 Å². The molecule has 0 aliphatic carbocycles. The van der Waals surface area contributed by atoms with Gasteiger partial charge in [-0.1, -0.05) is 0 Å². The van der Waals surface area contributed by atoms with Gasteiger partial charge in [-0.15, -0.1) is 0 Å². The minimum absolute atomic E-state index is 0.211. The highest BCUT2D eigenvalue weighted by molar-refractivity contribution is 5.08. The molecule has 0 radical (unpaired) electrons. The predicted molar refractivity (Wildman–Crippen MR) is 62.2 cm³/mol. The van der Waals surface area contributed by atoms with Gasteiger partial charge < -0.3 is 9.88 Å². The lowest BCUT2D eigenvalue weighted by Crippen LogP contribution is -2.34. The molecular formula is C12H20FN3. The van der Waals surface area contributed by atoms with Gasteiger partial charge in [-0.3, -0.25) is 0 Å². The molecule has 0 bridgehead atoms. The van der Waals surface area contributed by atoms with Crippen LogP contribution in [0.25, 0.3) is 0 Å². The summed E-state index contributed by atoms with van der Waals surface area (Å²) in [7, 11) is 0. The van der Waals surface area contributed by atoms with Gasteiger partial charge in [-0.2, -0.15) is 0 Å². The van der Waals surface area contributed by atoms with Crippen LogP contribution in [-0.4, -0.2) is 28.8 Å². The Hall–Kier alpha value is -0.900. The molecule has 1 fully saturated rings. The summed E-state index contributed by atoms with van der Waals surface area (Å²) < 4.78 is 16.0. The van der Waals surface area contributed by atoms with Crippen molar-refractivity contribution in [1.29, 1.82) is 0 Å². The van der Waals surface area contributed by atoms with Gasteiger partial charge in [0.2, 0.25) is 0 Å². The maximum Gasteiger partial charge on any atom is 0.121 e. The van der Waals surface area contributed by atoms with E-state index in [1.54, 1.807) is 6.33 Å². The molecule has 1 N–H and O–H groups in total. The van der Waals surface area contributed by atoms with E-state index in [-0.39, 0.29) is 5.92 Å². The number of piperidine rings is 1. The first-order valence-corrected chi connectivity index (χ1v) is 6.01. The first kappa shape index (κ1) is 11.6. The number of nitrogens with zero attached hydrogens (tertiary/aromatic N) is 2. The zero-order valence-electron chi connectivity index (χ0n) is 10.0. The molecule has 2 heterocycles. The van der Waals surface area contributed by atoms with Crippen LogP contribution in [0.5, 0.6) is 0 Å². The van der Waals surface area contributed by atoms with E-state index in [0.29, 0.717) is 6.54 Å². The van der Waals surface area contributed by atoms with Crippen molar-refractivity contribution in [3.63, 3.8) is 0 Å². The highest BCUT2D eigenvalue weighted by atomic mass is 19.1. The molecule has 1 unspecified atom stereocenters. The summed E-state index contributed by atoms with van der Waals surface area (Å²) in [6.45, 7) is 6.32. The van der Waals surface area contributed by atoms with Crippen molar-refractivity contribution in [1.82, 2.24) is 14.9 Å². The van der Waals surface area contributed by atoms with E-state index in [0.717, 1.165) is 37.3 Å². The third kappa shape index (κ3) is 2.43. The maximum absolute atomic E-state index is 14.1. The van der Waals surface area contributed by atoms with Crippen LogP contribution in [0, 0.1) is 19.8 Å². The molecule has 1 atom stereocenters. The lowest BCUT2D eigenvalue weighted by atomic mass is 9.93. The van der Waals surface area contributed by atoms with Crippen molar-refractivity contribution in [2.75, 3.05) is 13.1 Å². The molecule has 90 valence electrons. The molecule has 16 heavy (non-hydrogen) atoms. The number of rotatable bonds is 3. The number of nitrogens with one attached hydrogen (secondary N) is 1. The Kier molecular flexibility index (Phi) is 3.59. The van der Waals surface area contributed by atoms with Crippen molar-refractivity contribution >= 4 is 0 Å². The van der Waals surface area contributed by atoms with Crippen molar-refractivity contribution < 1.29 is 4.39 Å². The van der Waals surface area contributed by atoms with Gasteiger partial charge in [0.1, 0.15) is 6.17 Å². The topological polar surface area (TPSA) is 29.9 Å². The lowest BCUT2D eigenvalue weighted by molar-refractivity contribution is 0.166. The Bertz CT molecular complexity index is 342. The van der Waals surface area contributed by atoms with Gasteiger partial charge in [0.25, 0.3) is 0 Å². The summed E-state index contributed by atoms with van der Waals surface area (Å²) in [5.74, 6) is 0.211. The van der Waals surface area contributed by atoms with Crippen molar-refractivity contribution in [2.45, 2.75) is 39.4 Å². The van der Waals surface area contributed by atoms with E-state index in [2.05, 4.69) is 10.3 Å². The fourth-order valence-electron chi connectivity index (χ4n) is 2.27. The van der Waals surface area contributed by atoms with Crippen LogP contribution in [-0.2, 0) is 6.54 Å². The van der Waals surface area contributed by atoms with E-state index in [1.807, 2.05) is 18.4 Å². The van der Waals surface area contributed by atoms with Crippen molar-refractivity contribution in [2.24, 2.45) is 5.92 Å². The number of halogens is 1. The molecule has 1 aromatic rings. The first-order valence-electron chi connectivity index (χ1n) is 6.01. The lowest BCUT2D eigenvalue weighted by Gasteiger charge is -2.26. The average molecular weight is 225 g/mol. The Labute approximate surface area is 96.1 Å². The van der Waals surface area contributed by atoms with E-state index in [9.17, 15) is 4.39 Å². The largest absolute Gasteiger partial charge is 0.332 e. The Morgan fingerprint density at radius 3 is 2.75 bits per heavy atom. The molecule has 4 heteroatoms. The third-order valence-electron chi connectivity index (χ3n) is 3.61. The Balaban J connectivity index is 1.95. The SMILES string of the molecule is Cc1ncn(CC(F)C2CCNCC2)c1C. The minimum Gasteiger partial charge on any atom is -0.332 e. The smallest absolute Gasteiger partial charge is 0.121 e. The molecule has 1 saturated heterocycles. The van der Waals surface area contributed by atoms with Gasteiger partial charge in [0.15, 0.2) is 0 Å². The maximum atomic E-state index is 14.1. The molecule has 3 nitrogen and oxygen atoms in total. The van der Waals surface area contributed by atoms with Crippen molar-refractivity contribution in [3.8, 4) is 0 Å². The molecule has 0 amide bonds.